The Morgan fingerprint density at radius 3 is 2.67 bits per heavy atom. The smallest absolute Gasteiger partial charge is 0.349 e. The summed E-state index contributed by atoms with van der Waals surface area (Å²) < 4.78 is 10.8. The van der Waals surface area contributed by atoms with Gasteiger partial charge in [-0.05, 0) is 30.5 Å². The lowest BCUT2D eigenvalue weighted by molar-refractivity contribution is -0.384. The minimum Gasteiger partial charge on any atom is -0.448 e. The molecule has 0 fully saturated rings. The average molecular weight is 345 g/mol. The fraction of sp³-hybridized carbons (Fsp3) is 0.133. The van der Waals surface area contributed by atoms with E-state index in [1.165, 1.54) is 35.6 Å². The van der Waals surface area contributed by atoms with E-state index in [0.717, 1.165) is 0 Å². The molecule has 0 aliphatic carbocycles. The maximum absolute atomic E-state index is 11.9. The van der Waals surface area contributed by atoms with E-state index in [1.54, 1.807) is 24.4 Å². The van der Waals surface area contributed by atoms with E-state index < -0.39 is 17.0 Å². The van der Waals surface area contributed by atoms with Crippen LogP contribution < -0.4 is 0 Å². The quantitative estimate of drug-likeness (QED) is 0.394. The first-order valence-corrected chi connectivity index (χ1v) is 7.75. The van der Waals surface area contributed by atoms with Crippen LogP contribution in [0, 0.1) is 10.1 Å². The van der Waals surface area contributed by atoms with Gasteiger partial charge < -0.3 is 9.15 Å². The summed E-state index contributed by atoms with van der Waals surface area (Å²) in [6, 6.07) is 9.13. The lowest BCUT2D eigenvalue weighted by Crippen LogP contribution is -2.08. The fourth-order valence-electron chi connectivity index (χ4n) is 1.90. The minimum atomic E-state index is -0.709. The number of nitrogens with zero attached hydrogens (tertiary/aromatic N) is 3. The van der Waals surface area contributed by atoms with E-state index >= 15 is 0 Å². The van der Waals surface area contributed by atoms with Gasteiger partial charge in [-0.25, -0.2) is 4.79 Å². The molecule has 9 heteroatoms. The largest absolute Gasteiger partial charge is 0.448 e. The van der Waals surface area contributed by atoms with Gasteiger partial charge in [-0.2, -0.15) is 0 Å². The van der Waals surface area contributed by atoms with E-state index in [4.69, 9.17) is 9.15 Å². The highest BCUT2D eigenvalue weighted by atomic mass is 32.1. The number of hydrogen-bond acceptors (Lipinski definition) is 8. The molecule has 122 valence electrons. The molecule has 3 aromatic rings. The molecule has 2 heterocycles. The SMILES string of the molecule is C[C@H](OC(=O)c1cccs1)c1nnc(-c2ccc([N+](=O)[O-])cc2)o1. The molecule has 0 spiro atoms. The molecule has 3 rings (SSSR count). The molecule has 0 amide bonds. The Morgan fingerprint density at radius 1 is 1.29 bits per heavy atom. The molecule has 0 aliphatic rings. The zero-order chi connectivity index (χ0) is 17.1. The number of rotatable bonds is 5. The number of non-ortho nitro benzene ring substituents is 1. The summed E-state index contributed by atoms with van der Waals surface area (Å²) in [6.45, 7) is 1.62. The van der Waals surface area contributed by atoms with Crippen LogP contribution >= 0.6 is 11.3 Å². The van der Waals surface area contributed by atoms with Gasteiger partial charge in [0.1, 0.15) is 4.88 Å². The van der Waals surface area contributed by atoms with Crippen molar-refractivity contribution in [3.63, 3.8) is 0 Å². The highest BCUT2D eigenvalue weighted by molar-refractivity contribution is 7.11. The van der Waals surface area contributed by atoms with E-state index in [0.29, 0.717) is 10.4 Å². The van der Waals surface area contributed by atoms with Crippen LogP contribution in [0.15, 0.2) is 46.2 Å². The normalized spacial score (nSPS) is 11.9. The van der Waals surface area contributed by atoms with E-state index in [2.05, 4.69) is 10.2 Å². The molecule has 0 aliphatic heterocycles. The minimum absolute atomic E-state index is 0.0308. The van der Waals surface area contributed by atoms with Gasteiger partial charge in [-0.3, -0.25) is 10.1 Å². The molecule has 0 unspecified atom stereocenters. The summed E-state index contributed by atoms with van der Waals surface area (Å²) in [5.41, 5.74) is 0.507. The monoisotopic (exact) mass is 345 g/mol. The Kier molecular flexibility index (Phi) is 4.34. The van der Waals surface area contributed by atoms with Crippen molar-refractivity contribution < 1.29 is 18.9 Å². The number of nitro groups is 1. The summed E-state index contributed by atoms with van der Waals surface area (Å²) in [6.07, 6.45) is -0.709. The number of esters is 1. The van der Waals surface area contributed by atoms with Crippen molar-refractivity contribution in [2.24, 2.45) is 0 Å². The highest BCUT2D eigenvalue weighted by Gasteiger charge is 2.20. The molecule has 8 nitrogen and oxygen atoms in total. The Hall–Kier alpha value is -3.07. The molecule has 0 N–H and O–H groups in total. The van der Waals surface area contributed by atoms with Gasteiger partial charge >= 0.3 is 5.97 Å². The second kappa shape index (κ2) is 6.59. The summed E-state index contributed by atoms with van der Waals surface area (Å²) in [5, 5.41) is 20.2. The predicted octanol–water partition coefficient (Wildman–Crippen LogP) is 3.62. The fourth-order valence-corrected chi connectivity index (χ4v) is 2.51. The third-order valence-electron chi connectivity index (χ3n) is 3.12. The molecular formula is C15H11N3O5S. The molecule has 0 radical (unpaired) electrons. The van der Waals surface area contributed by atoms with Crippen molar-refractivity contribution in [1.29, 1.82) is 0 Å². The lowest BCUT2D eigenvalue weighted by Gasteiger charge is -2.07. The standard InChI is InChI=1S/C15H11N3O5S/c1-9(22-15(19)12-3-2-8-24-12)13-16-17-14(23-13)10-4-6-11(7-5-10)18(20)21/h2-9H,1H3/t9-/m0/s1. The first-order chi connectivity index (χ1) is 11.5. The van der Waals surface area contributed by atoms with Crippen LogP contribution in [-0.2, 0) is 4.74 Å². The second-order valence-electron chi connectivity index (χ2n) is 4.77. The van der Waals surface area contributed by atoms with Crippen molar-refractivity contribution in [3.05, 3.63) is 62.7 Å². The summed E-state index contributed by atoms with van der Waals surface area (Å²) in [5.74, 6) is -0.125. The van der Waals surface area contributed by atoms with Gasteiger partial charge in [0, 0.05) is 17.7 Å². The zero-order valence-corrected chi connectivity index (χ0v) is 13.2. The number of ether oxygens (including phenoxy) is 1. The first-order valence-electron chi connectivity index (χ1n) is 6.87. The maximum atomic E-state index is 11.9. The molecule has 0 saturated carbocycles. The number of benzene rings is 1. The first kappa shape index (κ1) is 15.8. The topological polar surface area (TPSA) is 108 Å². The number of carbonyl (C=O) groups excluding carboxylic acids is 1. The van der Waals surface area contributed by atoms with Crippen LogP contribution in [0.4, 0.5) is 5.69 Å². The Labute approximate surface area is 139 Å². The molecule has 1 atom stereocenters. The van der Waals surface area contributed by atoms with E-state index in [1.807, 2.05) is 0 Å². The average Bonchev–Trinajstić information content (AvgIpc) is 3.26. The molecule has 2 aromatic heterocycles. The maximum Gasteiger partial charge on any atom is 0.349 e. The van der Waals surface area contributed by atoms with Gasteiger partial charge in [0.05, 0.1) is 4.92 Å². The second-order valence-corrected chi connectivity index (χ2v) is 5.72. The van der Waals surface area contributed by atoms with Crippen LogP contribution in [0.2, 0.25) is 0 Å². The summed E-state index contributed by atoms with van der Waals surface area (Å²) in [7, 11) is 0. The Morgan fingerprint density at radius 2 is 2.04 bits per heavy atom. The number of carbonyl (C=O) groups is 1. The lowest BCUT2D eigenvalue weighted by atomic mass is 10.2. The number of thiophene rings is 1. The third-order valence-corrected chi connectivity index (χ3v) is 3.97. The van der Waals surface area contributed by atoms with Crippen molar-refractivity contribution in [1.82, 2.24) is 10.2 Å². The van der Waals surface area contributed by atoms with Gasteiger partial charge in [0.25, 0.3) is 11.6 Å². The van der Waals surface area contributed by atoms with Gasteiger partial charge in [-0.15, -0.1) is 21.5 Å². The molecule has 1 aromatic carbocycles. The van der Waals surface area contributed by atoms with Crippen LogP contribution in [0.3, 0.4) is 0 Å². The van der Waals surface area contributed by atoms with Crippen molar-refractivity contribution in [3.8, 4) is 11.5 Å². The third kappa shape index (κ3) is 3.30. The summed E-state index contributed by atoms with van der Waals surface area (Å²) in [4.78, 5) is 22.5. The van der Waals surface area contributed by atoms with Gasteiger partial charge in [0.2, 0.25) is 5.89 Å². The van der Waals surface area contributed by atoms with Crippen molar-refractivity contribution >= 4 is 23.0 Å². The zero-order valence-electron chi connectivity index (χ0n) is 12.4. The van der Waals surface area contributed by atoms with Gasteiger partial charge in [-0.1, -0.05) is 6.07 Å². The van der Waals surface area contributed by atoms with Gasteiger partial charge in [0.15, 0.2) is 6.10 Å². The summed E-state index contributed by atoms with van der Waals surface area (Å²) >= 11 is 1.28. The van der Waals surface area contributed by atoms with Crippen molar-refractivity contribution in [2.45, 2.75) is 13.0 Å². The number of aromatic nitrogens is 2. The Bertz CT molecular complexity index is 858. The van der Waals surface area contributed by atoms with E-state index in [9.17, 15) is 14.9 Å². The molecular weight excluding hydrogens is 334 g/mol. The molecule has 0 saturated heterocycles. The Balaban J connectivity index is 1.72. The van der Waals surface area contributed by atoms with Crippen molar-refractivity contribution in [2.75, 3.05) is 0 Å². The van der Waals surface area contributed by atoms with Crippen LogP contribution in [0.5, 0.6) is 0 Å². The van der Waals surface area contributed by atoms with Crippen LogP contribution in [-0.4, -0.2) is 21.1 Å². The number of hydrogen-bond donors (Lipinski definition) is 0. The van der Waals surface area contributed by atoms with Crippen LogP contribution in [0.25, 0.3) is 11.5 Å². The predicted molar refractivity (Wildman–Crippen MR) is 84.5 cm³/mol. The van der Waals surface area contributed by atoms with E-state index in [-0.39, 0.29) is 17.5 Å². The highest BCUT2D eigenvalue weighted by Crippen LogP contribution is 2.25. The number of nitro benzene ring substituents is 1. The van der Waals surface area contributed by atoms with Crippen LogP contribution in [0.1, 0.15) is 28.6 Å². The molecule has 0 bridgehead atoms. The molecule has 24 heavy (non-hydrogen) atoms.